The lowest BCUT2D eigenvalue weighted by Gasteiger charge is -2.06. The smallest absolute Gasteiger partial charge is 0.347 e. The zero-order valence-electron chi connectivity index (χ0n) is 8.55. The standard InChI is InChI=1S/C9H16O3Si/c1-5-12-9(11)8(10)6-7-13(2,3)4/h8,10H,5H2,1-4H3. The minimum atomic E-state index is -1.52. The summed E-state index contributed by atoms with van der Waals surface area (Å²) in [5.74, 6) is 1.84. The quantitative estimate of drug-likeness (QED) is 0.407. The van der Waals surface area contributed by atoms with Crippen LogP contribution in [0.5, 0.6) is 0 Å². The molecule has 1 N–H and O–H groups in total. The third-order valence-electron chi connectivity index (χ3n) is 1.09. The molecule has 13 heavy (non-hydrogen) atoms. The summed E-state index contributed by atoms with van der Waals surface area (Å²) in [4.78, 5) is 10.9. The van der Waals surface area contributed by atoms with E-state index in [0.717, 1.165) is 0 Å². The van der Waals surface area contributed by atoms with Crippen LogP contribution in [0, 0.1) is 11.5 Å². The Bertz CT molecular complexity index is 231. The van der Waals surface area contributed by atoms with Gasteiger partial charge in [-0.1, -0.05) is 25.6 Å². The van der Waals surface area contributed by atoms with E-state index in [-0.39, 0.29) is 6.61 Å². The molecule has 0 aromatic rings. The zero-order chi connectivity index (χ0) is 10.5. The maximum Gasteiger partial charge on any atom is 0.347 e. The van der Waals surface area contributed by atoms with Crippen molar-refractivity contribution in [2.75, 3.05) is 6.61 Å². The van der Waals surface area contributed by atoms with Crippen molar-refractivity contribution in [3.63, 3.8) is 0 Å². The molecule has 0 aliphatic rings. The summed E-state index contributed by atoms with van der Waals surface area (Å²) in [5, 5.41) is 9.19. The molecule has 0 fully saturated rings. The van der Waals surface area contributed by atoms with E-state index in [1.54, 1.807) is 6.92 Å². The van der Waals surface area contributed by atoms with E-state index >= 15 is 0 Å². The lowest BCUT2D eigenvalue weighted by Crippen LogP contribution is -2.23. The number of hydrogen-bond acceptors (Lipinski definition) is 3. The van der Waals surface area contributed by atoms with Crippen molar-refractivity contribution in [3.05, 3.63) is 0 Å². The highest BCUT2D eigenvalue weighted by Gasteiger charge is 2.14. The topological polar surface area (TPSA) is 46.5 Å². The second-order valence-electron chi connectivity index (χ2n) is 3.67. The van der Waals surface area contributed by atoms with E-state index in [2.05, 4.69) is 16.2 Å². The molecule has 0 aromatic carbocycles. The highest BCUT2D eigenvalue weighted by atomic mass is 28.3. The molecular weight excluding hydrogens is 184 g/mol. The van der Waals surface area contributed by atoms with Gasteiger partial charge in [0.1, 0.15) is 8.07 Å². The van der Waals surface area contributed by atoms with Gasteiger partial charge in [-0.15, -0.1) is 5.54 Å². The van der Waals surface area contributed by atoms with Gasteiger partial charge in [0.2, 0.25) is 6.10 Å². The Morgan fingerprint density at radius 2 is 2.08 bits per heavy atom. The molecule has 0 heterocycles. The summed E-state index contributed by atoms with van der Waals surface area (Å²) in [7, 11) is -1.52. The van der Waals surface area contributed by atoms with Gasteiger partial charge < -0.3 is 9.84 Å². The molecule has 0 amide bonds. The third kappa shape index (κ3) is 6.38. The van der Waals surface area contributed by atoms with Crippen LogP contribution >= 0.6 is 0 Å². The van der Waals surface area contributed by atoms with Gasteiger partial charge in [-0.05, 0) is 6.92 Å². The van der Waals surface area contributed by atoms with Crippen molar-refractivity contribution >= 4 is 14.0 Å². The van der Waals surface area contributed by atoms with Gasteiger partial charge in [0.25, 0.3) is 0 Å². The number of carbonyl (C=O) groups is 1. The first kappa shape index (κ1) is 12.2. The fraction of sp³-hybridized carbons (Fsp3) is 0.667. The van der Waals surface area contributed by atoms with Crippen molar-refractivity contribution in [1.29, 1.82) is 0 Å². The first-order valence-electron chi connectivity index (χ1n) is 4.24. The minimum absolute atomic E-state index is 0.268. The number of hydrogen-bond donors (Lipinski definition) is 1. The van der Waals surface area contributed by atoms with Gasteiger partial charge in [-0.2, -0.15) is 0 Å². The SMILES string of the molecule is CCOC(=O)C(O)C#C[Si](C)(C)C. The van der Waals surface area contributed by atoms with Crippen LogP contribution in [0.15, 0.2) is 0 Å². The number of rotatable bonds is 2. The van der Waals surface area contributed by atoms with E-state index in [9.17, 15) is 9.90 Å². The van der Waals surface area contributed by atoms with Gasteiger partial charge in [-0.3, -0.25) is 0 Å². The summed E-state index contributed by atoms with van der Waals surface area (Å²) in [6.07, 6.45) is -1.29. The molecule has 0 spiro atoms. The average molecular weight is 200 g/mol. The summed E-state index contributed by atoms with van der Waals surface area (Å²) in [6.45, 7) is 8.08. The van der Waals surface area contributed by atoms with Crippen molar-refractivity contribution < 1.29 is 14.6 Å². The highest BCUT2D eigenvalue weighted by molar-refractivity contribution is 6.83. The fourth-order valence-corrected chi connectivity index (χ4v) is 1.13. The average Bonchev–Trinajstić information content (AvgIpc) is 1.99. The first-order valence-corrected chi connectivity index (χ1v) is 7.74. The molecule has 0 saturated carbocycles. The van der Waals surface area contributed by atoms with Gasteiger partial charge in [0.05, 0.1) is 6.61 Å². The molecule has 0 radical (unpaired) electrons. The van der Waals surface area contributed by atoms with Crippen LogP contribution < -0.4 is 0 Å². The Morgan fingerprint density at radius 3 is 2.46 bits per heavy atom. The summed E-state index contributed by atoms with van der Waals surface area (Å²) < 4.78 is 4.59. The monoisotopic (exact) mass is 200 g/mol. The molecule has 0 aliphatic heterocycles. The summed E-state index contributed by atoms with van der Waals surface area (Å²) in [6, 6.07) is 0. The minimum Gasteiger partial charge on any atom is -0.463 e. The lowest BCUT2D eigenvalue weighted by atomic mass is 10.4. The molecule has 1 unspecified atom stereocenters. The number of aliphatic hydroxyl groups excluding tert-OH is 1. The van der Waals surface area contributed by atoms with Crippen molar-refractivity contribution in [2.45, 2.75) is 32.7 Å². The number of carbonyl (C=O) groups excluding carboxylic acids is 1. The van der Waals surface area contributed by atoms with E-state index < -0.39 is 20.1 Å². The van der Waals surface area contributed by atoms with E-state index in [1.807, 2.05) is 19.6 Å². The zero-order valence-corrected chi connectivity index (χ0v) is 9.55. The Balaban J connectivity index is 4.19. The number of esters is 1. The van der Waals surface area contributed by atoms with Gasteiger partial charge in [0, 0.05) is 0 Å². The molecule has 0 aliphatic carbocycles. The molecular formula is C9H16O3Si. The highest BCUT2D eigenvalue weighted by Crippen LogP contribution is 1.97. The molecule has 74 valence electrons. The summed E-state index contributed by atoms with van der Waals surface area (Å²) >= 11 is 0. The molecule has 0 bridgehead atoms. The van der Waals surface area contributed by atoms with Crippen LogP contribution in [0.3, 0.4) is 0 Å². The Labute approximate surface area is 80.1 Å². The van der Waals surface area contributed by atoms with Gasteiger partial charge in [0.15, 0.2) is 0 Å². The maximum absolute atomic E-state index is 10.9. The lowest BCUT2D eigenvalue weighted by molar-refractivity contribution is -0.149. The second kappa shape index (κ2) is 5.05. The van der Waals surface area contributed by atoms with E-state index in [4.69, 9.17) is 0 Å². The van der Waals surface area contributed by atoms with Gasteiger partial charge >= 0.3 is 5.97 Å². The maximum atomic E-state index is 10.9. The van der Waals surface area contributed by atoms with E-state index in [1.165, 1.54) is 0 Å². The van der Waals surface area contributed by atoms with Crippen LogP contribution in [0.1, 0.15) is 6.92 Å². The van der Waals surface area contributed by atoms with Crippen LogP contribution in [0.2, 0.25) is 19.6 Å². The molecule has 0 rings (SSSR count). The van der Waals surface area contributed by atoms with Crippen LogP contribution in [-0.4, -0.2) is 31.9 Å². The third-order valence-corrected chi connectivity index (χ3v) is 1.99. The Hall–Kier alpha value is -0.793. The first-order chi connectivity index (χ1) is 5.87. The van der Waals surface area contributed by atoms with Crippen LogP contribution in [0.4, 0.5) is 0 Å². The molecule has 0 aromatic heterocycles. The molecule has 3 nitrogen and oxygen atoms in total. The van der Waals surface area contributed by atoms with Crippen LogP contribution in [0.25, 0.3) is 0 Å². The molecule has 4 heteroatoms. The van der Waals surface area contributed by atoms with Crippen LogP contribution in [-0.2, 0) is 9.53 Å². The van der Waals surface area contributed by atoms with Crippen molar-refractivity contribution in [3.8, 4) is 11.5 Å². The molecule has 0 saturated heterocycles. The van der Waals surface area contributed by atoms with E-state index in [0.29, 0.717) is 0 Å². The Kier molecular flexibility index (Phi) is 4.74. The summed E-state index contributed by atoms with van der Waals surface area (Å²) in [5.41, 5.74) is 2.90. The number of ether oxygens (including phenoxy) is 1. The van der Waals surface area contributed by atoms with Crippen molar-refractivity contribution in [1.82, 2.24) is 0 Å². The largest absolute Gasteiger partial charge is 0.463 e. The molecule has 1 atom stereocenters. The Morgan fingerprint density at radius 1 is 1.54 bits per heavy atom. The van der Waals surface area contributed by atoms with Gasteiger partial charge in [-0.25, -0.2) is 4.79 Å². The predicted molar refractivity (Wildman–Crippen MR) is 53.8 cm³/mol. The van der Waals surface area contributed by atoms with Crippen molar-refractivity contribution in [2.24, 2.45) is 0 Å². The fourth-order valence-electron chi connectivity index (χ4n) is 0.565. The normalized spacial score (nSPS) is 12.7. The second-order valence-corrected chi connectivity index (χ2v) is 8.42. The number of aliphatic hydroxyl groups is 1. The predicted octanol–water partition coefficient (Wildman–Crippen LogP) is 0.791.